The summed E-state index contributed by atoms with van der Waals surface area (Å²) in [6.07, 6.45) is 49.6. The summed E-state index contributed by atoms with van der Waals surface area (Å²) in [5, 5.41) is 13.8. The number of likely N-dealkylation sites (N-methyl/N-ethyl adjacent to an activating group) is 1. The summed E-state index contributed by atoms with van der Waals surface area (Å²) in [4.78, 5) is 23.0. The molecule has 0 aliphatic heterocycles. The molecule has 3 N–H and O–H groups in total. The monoisotopic (exact) mass is 826 g/mol. The van der Waals surface area contributed by atoms with Crippen LogP contribution in [-0.4, -0.2) is 73.4 Å². The van der Waals surface area contributed by atoms with Gasteiger partial charge in [-0.05, 0) is 44.9 Å². The van der Waals surface area contributed by atoms with Crippen molar-refractivity contribution in [1.29, 1.82) is 0 Å². The van der Waals surface area contributed by atoms with Crippen molar-refractivity contribution >= 4 is 13.7 Å². The molecule has 0 spiro atoms. The molecule has 57 heavy (non-hydrogen) atoms. The lowest BCUT2D eigenvalue weighted by Gasteiger charge is -2.25. The molecule has 0 fully saturated rings. The molecule has 3 atom stereocenters. The number of carbonyl (C=O) groups excluding carboxylic acids is 1. The van der Waals surface area contributed by atoms with Crippen molar-refractivity contribution in [2.45, 2.75) is 225 Å². The van der Waals surface area contributed by atoms with Gasteiger partial charge in [0.1, 0.15) is 13.2 Å². The van der Waals surface area contributed by atoms with Crippen molar-refractivity contribution in [1.82, 2.24) is 5.32 Å². The van der Waals surface area contributed by atoms with E-state index >= 15 is 0 Å². The number of aliphatic hydroxyl groups excluding tert-OH is 1. The van der Waals surface area contributed by atoms with Crippen LogP contribution in [0.4, 0.5) is 0 Å². The number of amides is 1. The summed E-state index contributed by atoms with van der Waals surface area (Å²) >= 11 is 0. The molecule has 0 aromatic rings. The topological polar surface area (TPSA) is 105 Å². The second-order valence-corrected chi connectivity index (χ2v) is 18.9. The number of allylic oxidation sites excluding steroid dienone is 5. The maximum Gasteiger partial charge on any atom is 0.472 e. The molecule has 8 nitrogen and oxygen atoms in total. The van der Waals surface area contributed by atoms with Gasteiger partial charge < -0.3 is 19.8 Å². The van der Waals surface area contributed by atoms with Crippen LogP contribution in [0.2, 0.25) is 0 Å². The first-order valence-electron chi connectivity index (χ1n) is 23.9. The normalized spacial score (nSPS) is 14.6. The maximum absolute atomic E-state index is 12.8. The summed E-state index contributed by atoms with van der Waals surface area (Å²) in [5.41, 5.74) is 0. The van der Waals surface area contributed by atoms with E-state index in [2.05, 4.69) is 43.5 Å². The summed E-state index contributed by atoms with van der Waals surface area (Å²) in [6.45, 7) is 4.76. The first-order chi connectivity index (χ1) is 27.5. The second-order valence-electron chi connectivity index (χ2n) is 17.5. The molecule has 0 radical (unpaired) electrons. The van der Waals surface area contributed by atoms with Gasteiger partial charge in [0.05, 0.1) is 39.9 Å². The smallest absolute Gasteiger partial charge is 0.387 e. The molecular formula is C48H94N2O6P+. The lowest BCUT2D eigenvalue weighted by molar-refractivity contribution is -0.870. The number of phosphoric acid groups is 1. The van der Waals surface area contributed by atoms with Crippen LogP contribution >= 0.6 is 7.82 Å². The molecule has 3 unspecified atom stereocenters. The van der Waals surface area contributed by atoms with E-state index in [1.807, 2.05) is 27.2 Å². The number of carbonyl (C=O) groups is 1. The Labute approximate surface area is 353 Å². The average Bonchev–Trinajstić information content (AvgIpc) is 3.16. The zero-order valence-electron chi connectivity index (χ0n) is 38.1. The number of quaternary nitrogens is 1. The first-order valence-corrected chi connectivity index (χ1v) is 25.4. The number of aliphatic hydroxyl groups is 1. The van der Waals surface area contributed by atoms with Gasteiger partial charge in [0, 0.05) is 6.42 Å². The van der Waals surface area contributed by atoms with Crippen LogP contribution in [0, 0.1) is 0 Å². The van der Waals surface area contributed by atoms with Crippen LogP contribution in [0.1, 0.15) is 213 Å². The highest BCUT2D eigenvalue weighted by atomic mass is 31.2. The molecule has 0 aromatic heterocycles. The van der Waals surface area contributed by atoms with Gasteiger partial charge in [0.2, 0.25) is 5.91 Å². The Hall–Kier alpha value is -1.28. The van der Waals surface area contributed by atoms with E-state index in [0.717, 1.165) is 44.9 Å². The van der Waals surface area contributed by atoms with Crippen molar-refractivity contribution in [2.24, 2.45) is 0 Å². The van der Waals surface area contributed by atoms with Gasteiger partial charge in [-0.2, -0.15) is 0 Å². The van der Waals surface area contributed by atoms with Gasteiger partial charge in [-0.25, -0.2) is 4.57 Å². The quantitative estimate of drug-likeness (QED) is 0.0245. The van der Waals surface area contributed by atoms with E-state index in [4.69, 9.17) is 9.05 Å². The van der Waals surface area contributed by atoms with Crippen LogP contribution < -0.4 is 5.32 Å². The highest BCUT2D eigenvalue weighted by Crippen LogP contribution is 2.43. The molecule has 336 valence electrons. The fourth-order valence-corrected chi connectivity index (χ4v) is 7.51. The largest absolute Gasteiger partial charge is 0.472 e. The Morgan fingerprint density at radius 1 is 0.579 bits per heavy atom. The maximum atomic E-state index is 12.8. The Bertz CT molecular complexity index is 1030. The second kappa shape index (κ2) is 40.1. The summed E-state index contributed by atoms with van der Waals surface area (Å²) in [6, 6.07) is -0.865. The van der Waals surface area contributed by atoms with E-state index in [1.54, 1.807) is 6.08 Å². The van der Waals surface area contributed by atoms with Gasteiger partial charge in [0.15, 0.2) is 0 Å². The number of phosphoric ester groups is 1. The third kappa shape index (κ3) is 42.6. The third-order valence-electron chi connectivity index (χ3n) is 10.6. The summed E-state index contributed by atoms with van der Waals surface area (Å²) in [5.74, 6) is -0.195. The van der Waals surface area contributed by atoms with Gasteiger partial charge in [0.25, 0.3) is 0 Å². The summed E-state index contributed by atoms with van der Waals surface area (Å²) in [7, 11) is 1.55. The molecule has 0 aromatic carbocycles. The Kier molecular flexibility index (Phi) is 39.2. The van der Waals surface area contributed by atoms with Crippen LogP contribution in [0.25, 0.3) is 0 Å². The lowest BCUT2D eigenvalue weighted by Crippen LogP contribution is -2.45. The summed E-state index contributed by atoms with van der Waals surface area (Å²) < 4.78 is 23.5. The van der Waals surface area contributed by atoms with E-state index in [-0.39, 0.29) is 19.1 Å². The standard InChI is InChI=1S/C48H93N2O6P/c1-6-8-10-12-14-16-17-18-19-20-21-22-23-24-25-26-27-28-29-30-31-32-34-35-37-39-41-47(51)46(45-56-57(53,54)55-44-43-50(3,4)5)49-48(52)42-40-38-36-33-15-13-11-9-7-2/h28-29,32,34,39,41,46-47,51H,6-27,30-31,33,35-38,40,42-45H2,1-5H3,(H-,49,52,53,54)/p+1/b29-28+,34-32+,41-39+. The molecule has 0 rings (SSSR count). The zero-order chi connectivity index (χ0) is 42.1. The van der Waals surface area contributed by atoms with Gasteiger partial charge in [-0.1, -0.05) is 198 Å². The predicted octanol–water partition coefficient (Wildman–Crippen LogP) is 13.5. The minimum Gasteiger partial charge on any atom is -0.387 e. The van der Waals surface area contributed by atoms with Crippen molar-refractivity contribution in [3.8, 4) is 0 Å². The fraction of sp³-hybridized carbons (Fsp3) is 0.854. The average molecular weight is 826 g/mol. The van der Waals surface area contributed by atoms with Crippen LogP contribution in [0.3, 0.4) is 0 Å². The third-order valence-corrected chi connectivity index (χ3v) is 11.6. The molecule has 0 saturated carbocycles. The van der Waals surface area contributed by atoms with Crippen LogP contribution in [0.5, 0.6) is 0 Å². The van der Waals surface area contributed by atoms with Crippen LogP contribution in [-0.2, 0) is 18.4 Å². The predicted molar refractivity (Wildman–Crippen MR) is 244 cm³/mol. The SMILES string of the molecule is CCCCCCCCCCCCCCCCCC/C=C/CC/C=C/CC/C=C/C(O)C(COP(=O)(O)OCC[N+](C)(C)C)NC(=O)CCCCCCCCCCC. The molecule has 0 aliphatic carbocycles. The van der Waals surface area contributed by atoms with E-state index < -0.39 is 20.0 Å². The van der Waals surface area contributed by atoms with E-state index in [1.165, 1.54) is 148 Å². The molecule has 0 saturated heterocycles. The molecule has 9 heteroatoms. The van der Waals surface area contributed by atoms with Crippen molar-refractivity contribution < 1.29 is 32.9 Å². The fourth-order valence-electron chi connectivity index (χ4n) is 6.78. The minimum atomic E-state index is -4.34. The lowest BCUT2D eigenvalue weighted by atomic mass is 10.0. The molecule has 0 heterocycles. The molecule has 1 amide bonds. The number of unbranched alkanes of at least 4 members (excludes halogenated alkanes) is 26. The van der Waals surface area contributed by atoms with E-state index in [9.17, 15) is 19.4 Å². The number of hydrogen-bond acceptors (Lipinski definition) is 5. The molecular weight excluding hydrogens is 732 g/mol. The Morgan fingerprint density at radius 2 is 0.965 bits per heavy atom. The molecule has 0 bridgehead atoms. The highest BCUT2D eigenvalue weighted by Gasteiger charge is 2.27. The van der Waals surface area contributed by atoms with Gasteiger partial charge in [-0.3, -0.25) is 13.8 Å². The van der Waals surface area contributed by atoms with E-state index in [0.29, 0.717) is 17.4 Å². The Balaban J connectivity index is 4.27. The number of hydrogen-bond donors (Lipinski definition) is 3. The highest BCUT2D eigenvalue weighted by molar-refractivity contribution is 7.47. The van der Waals surface area contributed by atoms with Crippen molar-refractivity contribution in [3.63, 3.8) is 0 Å². The van der Waals surface area contributed by atoms with Gasteiger partial charge in [-0.15, -0.1) is 0 Å². The minimum absolute atomic E-state index is 0.0543. The van der Waals surface area contributed by atoms with Crippen molar-refractivity contribution in [2.75, 3.05) is 40.9 Å². The number of nitrogens with one attached hydrogen (secondary N) is 1. The molecule has 0 aliphatic rings. The zero-order valence-corrected chi connectivity index (χ0v) is 39.0. The van der Waals surface area contributed by atoms with Crippen LogP contribution in [0.15, 0.2) is 36.5 Å². The number of rotatable bonds is 43. The van der Waals surface area contributed by atoms with Crippen molar-refractivity contribution in [3.05, 3.63) is 36.5 Å². The van der Waals surface area contributed by atoms with Gasteiger partial charge >= 0.3 is 7.82 Å². The Morgan fingerprint density at radius 3 is 1.40 bits per heavy atom. The first kappa shape index (κ1) is 55.7. The number of nitrogens with zero attached hydrogens (tertiary/aromatic N) is 1.